The zero-order chi connectivity index (χ0) is 28.0. The zero-order valence-corrected chi connectivity index (χ0v) is 24.1. The minimum absolute atomic E-state index is 0.211. The van der Waals surface area contributed by atoms with Crippen molar-refractivity contribution < 1.29 is 17.9 Å². The molecule has 13 heteroatoms. The van der Waals surface area contributed by atoms with Gasteiger partial charge in [0.2, 0.25) is 15.9 Å². The smallest absolute Gasteiger partial charge is 0.280 e. The maximum atomic E-state index is 13.4. The number of piperidine rings is 1. The van der Waals surface area contributed by atoms with E-state index in [2.05, 4.69) is 35.3 Å². The first-order chi connectivity index (χ1) is 19.4. The van der Waals surface area contributed by atoms with Crippen LogP contribution in [0.15, 0.2) is 36.9 Å². The fraction of sp³-hybridized carbons (Fsp3) is 0.519. The molecule has 2 aliphatic rings. The number of carbonyl (C=O) groups is 1. The van der Waals surface area contributed by atoms with Gasteiger partial charge in [0.05, 0.1) is 46.6 Å². The molecule has 5 rings (SSSR count). The minimum atomic E-state index is -3.48. The number of anilines is 1. The highest BCUT2D eigenvalue weighted by molar-refractivity contribution is 7.93. The molecule has 3 aromatic rings. The fourth-order valence-electron chi connectivity index (χ4n) is 5.21. The number of rotatable bonds is 11. The number of carbonyl (C=O) groups excluding carboxylic acids is 1. The molecule has 1 amide bonds. The average molecular weight is 586 g/mol. The molecule has 3 N–H and O–H groups in total. The first kappa shape index (κ1) is 28.4. The second-order valence-electron chi connectivity index (χ2n) is 10.1. The van der Waals surface area contributed by atoms with Gasteiger partial charge < -0.3 is 15.4 Å². The Kier molecular flexibility index (Phi) is 9.22. The molecule has 1 aliphatic carbocycles. The van der Waals surface area contributed by atoms with Crippen LogP contribution in [0.3, 0.4) is 0 Å². The van der Waals surface area contributed by atoms with E-state index < -0.39 is 16.1 Å². The molecule has 0 bridgehead atoms. The summed E-state index contributed by atoms with van der Waals surface area (Å²) in [6.45, 7) is 3.28. The van der Waals surface area contributed by atoms with Gasteiger partial charge in [0.15, 0.2) is 5.01 Å². The van der Waals surface area contributed by atoms with Crippen molar-refractivity contribution in [3.63, 3.8) is 0 Å². The van der Waals surface area contributed by atoms with E-state index in [0.29, 0.717) is 58.7 Å². The summed E-state index contributed by atoms with van der Waals surface area (Å²) < 4.78 is 34.0. The summed E-state index contributed by atoms with van der Waals surface area (Å²) in [5.74, 6) is 0.0821. The van der Waals surface area contributed by atoms with Crippen LogP contribution in [0.25, 0.3) is 10.6 Å². The molecule has 1 aliphatic heterocycles. The highest BCUT2D eigenvalue weighted by Gasteiger charge is 2.29. The van der Waals surface area contributed by atoms with Crippen LogP contribution in [0, 0.1) is 0 Å². The first-order valence-corrected chi connectivity index (χ1v) is 16.2. The van der Waals surface area contributed by atoms with E-state index in [1.165, 1.54) is 11.3 Å². The number of nitrogens with zero attached hydrogens (tertiary/aromatic N) is 4. The molecule has 0 spiro atoms. The van der Waals surface area contributed by atoms with Gasteiger partial charge in [0.1, 0.15) is 5.69 Å². The van der Waals surface area contributed by atoms with Gasteiger partial charge in [-0.3, -0.25) is 19.5 Å². The Hall–Kier alpha value is -3.16. The molecule has 0 radical (unpaired) electrons. The molecular weight excluding hydrogens is 550 g/mol. The lowest BCUT2D eigenvalue weighted by molar-refractivity contribution is 0.0929. The highest BCUT2D eigenvalue weighted by atomic mass is 32.2. The molecular formula is C27H35N7O4S2. The summed E-state index contributed by atoms with van der Waals surface area (Å²) in [6, 6.07) is 3.15. The topological polar surface area (TPSA) is 148 Å². The molecule has 0 aromatic carbocycles. The third-order valence-corrected chi connectivity index (χ3v) is 10.1. The van der Waals surface area contributed by atoms with Crippen molar-refractivity contribution in [1.29, 1.82) is 0 Å². The van der Waals surface area contributed by atoms with Crippen LogP contribution in [0.2, 0.25) is 0 Å². The average Bonchev–Trinajstić information content (AvgIpc) is 3.67. The number of nitrogens with one attached hydrogen (secondary N) is 3. The standard InChI is InChI=1S/C27H35N7O4S2/c1-2-38-25-17-28-15-23(32-25)24-16-31-27(39-24)26(35)33-22(13-18-7-5-6-11-29-18)21-14-19(10-12-30-21)34-40(36,37)20-8-3-4-9-20/h10,12,14-18,20,22,29H,2-9,11,13H2,1H3,(H,30,34)(H,33,35)/t18-,22+/m1/s1. The zero-order valence-electron chi connectivity index (χ0n) is 22.5. The summed E-state index contributed by atoms with van der Waals surface area (Å²) in [6.07, 6.45) is 13.4. The molecule has 2 fully saturated rings. The van der Waals surface area contributed by atoms with Gasteiger partial charge in [0, 0.05) is 18.4 Å². The van der Waals surface area contributed by atoms with E-state index in [0.717, 1.165) is 38.6 Å². The summed E-state index contributed by atoms with van der Waals surface area (Å²) in [4.78, 5) is 31.6. The fourth-order valence-corrected chi connectivity index (χ4v) is 7.56. The molecule has 214 valence electrons. The van der Waals surface area contributed by atoms with Crippen molar-refractivity contribution in [2.24, 2.45) is 0 Å². The number of sulfonamides is 1. The number of aromatic nitrogens is 4. The summed E-state index contributed by atoms with van der Waals surface area (Å²) in [5, 5.41) is 6.56. The number of ether oxygens (including phenoxy) is 1. The van der Waals surface area contributed by atoms with Crippen molar-refractivity contribution in [2.45, 2.75) is 75.6 Å². The Balaban J connectivity index is 1.34. The predicted octanol–water partition coefficient (Wildman–Crippen LogP) is 4.08. The lowest BCUT2D eigenvalue weighted by atomic mass is 9.96. The molecule has 3 aromatic heterocycles. The normalized spacial score (nSPS) is 18.8. The van der Waals surface area contributed by atoms with E-state index in [4.69, 9.17) is 4.74 Å². The van der Waals surface area contributed by atoms with Crippen LogP contribution in [-0.4, -0.2) is 58.7 Å². The number of pyridine rings is 1. The number of thiazole rings is 1. The minimum Gasteiger partial charge on any atom is -0.477 e. The van der Waals surface area contributed by atoms with Crippen molar-refractivity contribution in [3.05, 3.63) is 47.6 Å². The molecule has 40 heavy (non-hydrogen) atoms. The van der Waals surface area contributed by atoms with Crippen LogP contribution in [-0.2, 0) is 10.0 Å². The Bertz CT molecular complexity index is 1400. The van der Waals surface area contributed by atoms with Gasteiger partial charge >= 0.3 is 0 Å². The van der Waals surface area contributed by atoms with Crippen molar-refractivity contribution in [3.8, 4) is 16.5 Å². The maximum absolute atomic E-state index is 13.4. The lowest BCUT2D eigenvalue weighted by Gasteiger charge is -2.28. The monoisotopic (exact) mass is 585 g/mol. The van der Waals surface area contributed by atoms with Crippen molar-refractivity contribution in [2.75, 3.05) is 17.9 Å². The third-order valence-electron chi connectivity index (χ3n) is 7.23. The maximum Gasteiger partial charge on any atom is 0.280 e. The first-order valence-electron chi connectivity index (χ1n) is 13.8. The number of amides is 1. The second-order valence-corrected chi connectivity index (χ2v) is 13.1. The molecule has 0 unspecified atom stereocenters. The van der Waals surface area contributed by atoms with Crippen LogP contribution in [0.1, 0.15) is 79.8 Å². The van der Waals surface area contributed by atoms with Crippen LogP contribution >= 0.6 is 11.3 Å². The lowest BCUT2D eigenvalue weighted by Crippen LogP contribution is -2.39. The van der Waals surface area contributed by atoms with Crippen molar-refractivity contribution in [1.82, 2.24) is 30.6 Å². The largest absolute Gasteiger partial charge is 0.477 e. The van der Waals surface area contributed by atoms with E-state index in [1.54, 1.807) is 36.9 Å². The molecule has 11 nitrogen and oxygen atoms in total. The van der Waals surface area contributed by atoms with E-state index in [-0.39, 0.29) is 17.2 Å². The van der Waals surface area contributed by atoms with Gasteiger partial charge in [-0.2, -0.15) is 0 Å². The van der Waals surface area contributed by atoms with Gasteiger partial charge in [-0.1, -0.05) is 19.3 Å². The van der Waals surface area contributed by atoms with Crippen LogP contribution in [0.4, 0.5) is 5.69 Å². The van der Waals surface area contributed by atoms with E-state index in [1.807, 2.05) is 6.92 Å². The van der Waals surface area contributed by atoms with E-state index >= 15 is 0 Å². The summed E-state index contributed by atoms with van der Waals surface area (Å²) >= 11 is 1.22. The Morgan fingerprint density at radius 3 is 2.75 bits per heavy atom. The van der Waals surface area contributed by atoms with Gasteiger partial charge in [0.25, 0.3) is 5.91 Å². The summed E-state index contributed by atoms with van der Waals surface area (Å²) in [7, 11) is -3.48. The Labute approximate surface area is 238 Å². The van der Waals surface area contributed by atoms with Gasteiger partial charge in [-0.15, -0.1) is 11.3 Å². The molecule has 1 saturated heterocycles. The number of hydrogen-bond donors (Lipinski definition) is 3. The molecule has 2 atom stereocenters. The van der Waals surface area contributed by atoms with Gasteiger partial charge in [-0.25, -0.2) is 18.4 Å². The van der Waals surface area contributed by atoms with Crippen LogP contribution < -0.4 is 20.1 Å². The predicted molar refractivity (Wildman–Crippen MR) is 154 cm³/mol. The van der Waals surface area contributed by atoms with Crippen LogP contribution in [0.5, 0.6) is 5.88 Å². The summed E-state index contributed by atoms with van der Waals surface area (Å²) in [5.41, 5.74) is 1.63. The van der Waals surface area contributed by atoms with Gasteiger partial charge in [-0.05, 0) is 57.7 Å². The third kappa shape index (κ3) is 7.12. The van der Waals surface area contributed by atoms with Crippen molar-refractivity contribution >= 4 is 33.0 Å². The molecule has 4 heterocycles. The Morgan fingerprint density at radius 1 is 1.15 bits per heavy atom. The molecule has 1 saturated carbocycles. The second kappa shape index (κ2) is 13.0. The SMILES string of the molecule is CCOc1cncc(-c2cnc(C(=O)N[C@@H](C[C@H]3CCCCN3)c3cc(NS(=O)(=O)C4CCCC4)ccn3)s2)n1. The highest BCUT2D eigenvalue weighted by Crippen LogP contribution is 2.29. The quantitative estimate of drug-likeness (QED) is 0.303. The Morgan fingerprint density at radius 2 is 1.98 bits per heavy atom. The number of hydrogen-bond acceptors (Lipinski definition) is 10. The van der Waals surface area contributed by atoms with E-state index in [9.17, 15) is 13.2 Å².